The Morgan fingerprint density at radius 3 is 2.33 bits per heavy atom. The number of benzene rings is 1. The van der Waals surface area contributed by atoms with Crippen LogP contribution in [0.2, 0.25) is 0 Å². The van der Waals surface area contributed by atoms with Gasteiger partial charge in [0.2, 0.25) is 11.8 Å². The van der Waals surface area contributed by atoms with Crippen molar-refractivity contribution < 1.29 is 24.4 Å². The van der Waals surface area contributed by atoms with Crippen molar-refractivity contribution in [2.24, 2.45) is 5.92 Å². The lowest BCUT2D eigenvalue weighted by Gasteiger charge is -2.27. The molecule has 0 aromatic heterocycles. The zero-order valence-corrected chi connectivity index (χ0v) is 17.6. The van der Waals surface area contributed by atoms with Crippen molar-refractivity contribution >= 4 is 23.6 Å². The van der Waals surface area contributed by atoms with E-state index in [0.717, 1.165) is 0 Å². The van der Waals surface area contributed by atoms with Gasteiger partial charge in [-0.25, -0.2) is 5.48 Å². The van der Waals surface area contributed by atoms with Gasteiger partial charge in [0.15, 0.2) is 0 Å². The number of amides is 4. The summed E-state index contributed by atoms with van der Waals surface area (Å²) >= 11 is 0. The van der Waals surface area contributed by atoms with Crippen molar-refractivity contribution in [3.63, 3.8) is 0 Å². The molecule has 30 heavy (non-hydrogen) atoms. The maximum atomic E-state index is 13.0. The topological polar surface area (TPSA) is 128 Å². The molecule has 1 aliphatic heterocycles. The maximum Gasteiger partial charge on any atom is 0.265 e. The minimum atomic E-state index is -0.961. The van der Waals surface area contributed by atoms with E-state index in [1.54, 1.807) is 24.3 Å². The van der Waals surface area contributed by atoms with Crippen LogP contribution in [0.15, 0.2) is 30.3 Å². The first-order valence-electron chi connectivity index (χ1n) is 10.1. The summed E-state index contributed by atoms with van der Waals surface area (Å²) in [6.07, 6.45) is 1.58. The van der Waals surface area contributed by atoms with Gasteiger partial charge in [-0.15, -0.1) is 0 Å². The van der Waals surface area contributed by atoms with Crippen LogP contribution in [0.3, 0.4) is 0 Å². The van der Waals surface area contributed by atoms with Crippen LogP contribution in [-0.2, 0) is 14.4 Å². The first-order chi connectivity index (χ1) is 14.2. The molecule has 4 N–H and O–H groups in total. The Balaban J connectivity index is 2.09. The van der Waals surface area contributed by atoms with Crippen LogP contribution in [0.5, 0.6) is 0 Å². The van der Waals surface area contributed by atoms with Crippen molar-refractivity contribution in [3.05, 3.63) is 35.9 Å². The molecule has 1 aromatic carbocycles. The molecule has 0 aliphatic carbocycles. The number of likely N-dealkylation sites (tertiary alicyclic amines) is 1. The molecule has 1 saturated heterocycles. The SMILES string of the molecule is CC(C)C[C@@H](NC(=O)[C@@H]1CCCN1C(=O)c1ccccc1)C(=O)N[C@H](C)C(=O)NO. The summed E-state index contributed by atoms with van der Waals surface area (Å²) < 4.78 is 0. The molecule has 1 heterocycles. The van der Waals surface area contributed by atoms with Gasteiger partial charge in [0.1, 0.15) is 18.1 Å². The number of carbonyl (C=O) groups excluding carboxylic acids is 4. The lowest BCUT2D eigenvalue weighted by molar-refractivity contribution is -0.136. The smallest absolute Gasteiger partial charge is 0.265 e. The molecule has 164 valence electrons. The number of nitrogens with one attached hydrogen (secondary N) is 3. The van der Waals surface area contributed by atoms with Gasteiger partial charge in [-0.3, -0.25) is 24.4 Å². The second kappa shape index (κ2) is 10.7. The minimum Gasteiger partial charge on any atom is -0.343 e. The standard InChI is InChI=1S/C21H30N4O5/c1-13(2)12-16(19(27)22-14(3)18(26)24-30)23-20(28)17-10-7-11-25(17)21(29)15-8-5-4-6-9-15/h4-6,8-9,13-14,16-17,30H,7,10-12H2,1-3H3,(H,22,27)(H,23,28)(H,24,26)/t14-,16-,17+/m1/s1. The number of hydrogen-bond acceptors (Lipinski definition) is 5. The zero-order valence-electron chi connectivity index (χ0n) is 17.6. The molecule has 2 rings (SSSR count). The molecule has 1 fully saturated rings. The monoisotopic (exact) mass is 418 g/mol. The molecular weight excluding hydrogens is 388 g/mol. The molecule has 3 atom stereocenters. The van der Waals surface area contributed by atoms with Crippen LogP contribution < -0.4 is 16.1 Å². The molecule has 1 aromatic rings. The Kier molecular flexibility index (Phi) is 8.35. The predicted octanol–water partition coefficient (Wildman–Crippen LogP) is 0.832. The quantitative estimate of drug-likeness (QED) is 0.367. The average molecular weight is 418 g/mol. The molecule has 4 amide bonds. The summed E-state index contributed by atoms with van der Waals surface area (Å²) in [5, 5.41) is 13.9. The van der Waals surface area contributed by atoms with Crippen molar-refractivity contribution in [1.29, 1.82) is 0 Å². The van der Waals surface area contributed by atoms with E-state index in [1.807, 2.05) is 19.9 Å². The molecule has 0 spiro atoms. The van der Waals surface area contributed by atoms with E-state index >= 15 is 0 Å². The Bertz CT molecular complexity index is 768. The van der Waals surface area contributed by atoms with E-state index in [1.165, 1.54) is 17.3 Å². The van der Waals surface area contributed by atoms with E-state index in [9.17, 15) is 19.2 Å². The summed E-state index contributed by atoms with van der Waals surface area (Å²) in [6.45, 7) is 5.73. The first kappa shape index (κ1) is 23.3. The normalized spacial score (nSPS) is 17.9. The van der Waals surface area contributed by atoms with Crippen molar-refractivity contribution in [2.75, 3.05) is 6.54 Å². The lowest BCUT2D eigenvalue weighted by atomic mass is 10.0. The number of nitrogens with zero attached hydrogens (tertiary/aromatic N) is 1. The summed E-state index contributed by atoms with van der Waals surface area (Å²) in [6, 6.07) is 6.29. The van der Waals surface area contributed by atoms with Crippen molar-refractivity contribution in [3.8, 4) is 0 Å². The van der Waals surface area contributed by atoms with Gasteiger partial charge in [0, 0.05) is 12.1 Å². The summed E-state index contributed by atoms with van der Waals surface area (Å²) in [5.41, 5.74) is 2.00. The Labute approximate surface area is 176 Å². The minimum absolute atomic E-state index is 0.105. The molecular formula is C21H30N4O5. The van der Waals surface area contributed by atoms with Crippen LogP contribution >= 0.6 is 0 Å². The van der Waals surface area contributed by atoms with Crippen LogP contribution in [0.1, 0.15) is 50.4 Å². The predicted molar refractivity (Wildman–Crippen MR) is 109 cm³/mol. The number of carbonyl (C=O) groups is 4. The van der Waals surface area contributed by atoms with Gasteiger partial charge in [-0.1, -0.05) is 32.0 Å². The molecule has 0 saturated carbocycles. The van der Waals surface area contributed by atoms with E-state index < -0.39 is 35.8 Å². The summed E-state index contributed by atoms with van der Waals surface area (Å²) in [5.74, 6) is -1.78. The molecule has 9 heteroatoms. The number of hydrogen-bond donors (Lipinski definition) is 4. The van der Waals surface area contributed by atoms with E-state index in [4.69, 9.17) is 5.21 Å². The van der Waals surface area contributed by atoms with Crippen molar-refractivity contribution in [2.45, 2.75) is 58.2 Å². The highest BCUT2D eigenvalue weighted by Crippen LogP contribution is 2.21. The van der Waals surface area contributed by atoms with E-state index in [2.05, 4.69) is 10.6 Å². The van der Waals surface area contributed by atoms with Crippen LogP contribution in [-0.4, -0.2) is 58.4 Å². The van der Waals surface area contributed by atoms with Gasteiger partial charge in [-0.05, 0) is 44.2 Å². The second-order valence-electron chi connectivity index (χ2n) is 7.92. The Morgan fingerprint density at radius 2 is 1.73 bits per heavy atom. The lowest BCUT2D eigenvalue weighted by Crippen LogP contribution is -2.56. The number of hydroxylamine groups is 1. The molecule has 9 nitrogen and oxygen atoms in total. The third kappa shape index (κ3) is 6.03. The third-order valence-electron chi connectivity index (χ3n) is 5.04. The molecule has 0 bridgehead atoms. The highest BCUT2D eigenvalue weighted by atomic mass is 16.5. The molecule has 0 unspecified atom stereocenters. The Morgan fingerprint density at radius 1 is 1.07 bits per heavy atom. The summed E-state index contributed by atoms with van der Waals surface area (Å²) in [4.78, 5) is 51.4. The van der Waals surface area contributed by atoms with Gasteiger partial charge >= 0.3 is 0 Å². The second-order valence-corrected chi connectivity index (χ2v) is 7.92. The van der Waals surface area contributed by atoms with Crippen LogP contribution in [0, 0.1) is 5.92 Å². The van der Waals surface area contributed by atoms with Crippen molar-refractivity contribution in [1.82, 2.24) is 21.0 Å². The van der Waals surface area contributed by atoms with Crippen LogP contribution in [0.4, 0.5) is 0 Å². The highest BCUT2D eigenvalue weighted by Gasteiger charge is 2.36. The average Bonchev–Trinajstić information content (AvgIpc) is 3.22. The fourth-order valence-corrected chi connectivity index (χ4v) is 3.48. The Hall–Kier alpha value is -2.94. The summed E-state index contributed by atoms with van der Waals surface area (Å²) in [7, 11) is 0. The first-order valence-corrected chi connectivity index (χ1v) is 10.1. The van der Waals surface area contributed by atoms with Gasteiger partial charge < -0.3 is 15.5 Å². The molecule has 1 aliphatic rings. The third-order valence-corrected chi connectivity index (χ3v) is 5.04. The van der Waals surface area contributed by atoms with E-state index in [-0.39, 0.29) is 11.8 Å². The maximum absolute atomic E-state index is 13.0. The van der Waals surface area contributed by atoms with Gasteiger partial charge in [0.05, 0.1) is 0 Å². The van der Waals surface area contributed by atoms with Gasteiger partial charge in [0.25, 0.3) is 11.8 Å². The van der Waals surface area contributed by atoms with Crippen LogP contribution in [0.25, 0.3) is 0 Å². The van der Waals surface area contributed by atoms with E-state index in [0.29, 0.717) is 31.4 Å². The zero-order chi connectivity index (χ0) is 22.3. The fraction of sp³-hybridized carbons (Fsp3) is 0.524. The van der Waals surface area contributed by atoms with Gasteiger partial charge in [-0.2, -0.15) is 0 Å². The highest BCUT2D eigenvalue weighted by molar-refractivity contribution is 5.99. The number of rotatable bonds is 8. The fourth-order valence-electron chi connectivity index (χ4n) is 3.48. The largest absolute Gasteiger partial charge is 0.343 e. The molecule has 0 radical (unpaired) electrons.